The number of fused-ring (bicyclic) bond motifs is 3. The molecule has 0 unspecified atom stereocenters. The van der Waals surface area contributed by atoms with E-state index in [0.29, 0.717) is 11.3 Å². The van der Waals surface area contributed by atoms with Crippen LogP contribution >= 0.6 is 11.3 Å². The Bertz CT molecular complexity index is 1400. The molecule has 1 heterocycles. The van der Waals surface area contributed by atoms with Crippen LogP contribution in [0.3, 0.4) is 0 Å². The molecule has 7 heteroatoms. The molecule has 4 rings (SSSR count). The van der Waals surface area contributed by atoms with Gasteiger partial charge >= 0.3 is 0 Å². The number of thiazole rings is 1. The van der Waals surface area contributed by atoms with Crippen LogP contribution < -0.4 is 4.80 Å². The minimum Gasteiger partial charge on any atom is -0.317 e. The Kier molecular flexibility index (Phi) is 6.34. The van der Waals surface area contributed by atoms with E-state index in [1.54, 1.807) is 12.1 Å². The molecular formula is C24H24N2O3S2. The summed E-state index contributed by atoms with van der Waals surface area (Å²) in [5.74, 6) is -0.306. The third-order valence-corrected chi connectivity index (χ3v) is 8.00. The third-order valence-electron chi connectivity index (χ3n) is 5.19. The lowest BCUT2D eigenvalue weighted by Crippen LogP contribution is -2.16. The topological polar surface area (TPSA) is 68.5 Å². The Balaban J connectivity index is 1.50. The average molecular weight is 453 g/mol. The van der Waals surface area contributed by atoms with Gasteiger partial charge in [0.2, 0.25) is 5.91 Å². The SMILES string of the molecule is CCn1c(=NC(=O)CCCS(=O)(=O)Cc2ccccc2)sc2c3ccccc3ccc21. The molecule has 0 fully saturated rings. The van der Waals surface area contributed by atoms with Gasteiger partial charge in [-0.3, -0.25) is 4.79 Å². The largest absolute Gasteiger partial charge is 0.317 e. The molecule has 1 amide bonds. The van der Waals surface area contributed by atoms with Gasteiger partial charge in [-0.1, -0.05) is 72.0 Å². The first-order valence-corrected chi connectivity index (χ1v) is 12.9. The van der Waals surface area contributed by atoms with E-state index < -0.39 is 9.84 Å². The van der Waals surface area contributed by atoms with Crippen molar-refractivity contribution < 1.29 is 13.2 Å². The molecule has 0 N–H and O–H groups in total. The molecule has 0 atom stereocenters. The Morgan fingerprint density at radius 3 is 2.52 bits per heavy atom. The first kappa shape index (κ1) is 21.5. The van der Waals surface area contributed by atoms with Gasteiger partial charge in [0.1, 0.15) is 0 Å². The summed E-state index contributed by atoms with van der Waals surface area (Å²) in [7, 11) is -3.26. The van der Waals surface area contributed by atoms with E-state index in [0.717, 1.165) is 26.6 Å². The van der Waals surface area contributed by atoms with Crippen LogP contribution in [0.15, 0.2) is 71.7 Å². The van der Waals surface area contributed by atoms with Crippen LogP contribution in [0.5, 0.6) is 0 Å². The van der Waals surface area contributed by atoms with E-state index in [1.807, 2.05) is 41.8 Å². The van der Waals surface area contributed by atoms with Gasteiger partial charge in [0.25, 0.3) is 0 Å². The summed E-state index contributed by atoms with van der Waals surface area (Å²) in [6.07, 6.45) is 0.393. The molecule has 4 aromatic rings. The van der Waals surface area contributed by atoms with Crippen molar-refractivity contribution in [3.8, 4) is 0 Å². The summed E-state index contributed by atoms with van der Waals surface area (Å²) in [5, 5.41) is 2.30. The minimum atomic E-state index is -3.26. The van der Waals surface area contributed by atoms with Crippen molar-refractivity contribution in [1.29, 1.82) is 0 Å². The van der Waals surface area contributed by atoms with Crippen molar-refractivity contribution in [2.75, 3.05) is 5.75 Å². The number of aromatic nitrogens is 1. The molecule has 0 saturated heterocycles. The standard InChI is InChI=1S/C24H24N2O3S2/c1-2-26-21-15-14-19-11-6-7-12-20(19)23(21)30-24(26)25-22(27)13-8-16-31(28,29)17-18-9-4-3-5-10-18/h3-7,9-12,14-15H,2,8,13,16-17H2,1H3. The van der Waals surface area contributed by atoms with Crippen molar-refractivity contribution in [2.45, 2.75) is 32.1 Å². The second-order valence-corrected chi connectivity index (χ2v) is 10.6. The smallest absolute Gasteiger partial charge is 0.248 e. The van der Waals surface area contributed by atoms with Crippen LogP contribution in [0.1, 0.15) is 25.3 Å². The number of hydrogen-bond donors (Lipinski definition) is 0. The van der Waals surface area contributed by atoms with Crippen LogP contribution in [0.4, 0.5) is 0 Å². The molecule has 0 bridgehead atoms. The molecule has 0 radical (unpaired) electrons. The summed E-state index contributed by atoms with van der Waals surface area (Å²) >= 11 is 1.50. The van der Waals surface area contributed by atoms with Crippen LogP contribution in [-0.2, 0) is 26.9 Å². The highest BCUT2D eigenvalue weighted by molar-refractivity contribution is 7.90. The molecule has 0 saturated carbocycles. The summed E-state index contributed by atoms with van der Waals surface area (Å²) in [6, 6.07) is 21.4. The highest BCUT2D eigenvalue weighted by Gasteiger charge is 2.14. The monoisotopic (exact) mass is 452 g/mol. The summed E-state index contributed by atoms with van der Waals surface area (Å²) in [6.45, 7) is 2.73. The van der Waals surface area contributed by atoms with Gasteiger partial charge in [-0.25, -0.2) is 8.42 Å². The van der Waals surface area contributed by atoms with E-state index in [9.17, 15) is 13.2 Å². The van der Waals surface area contributed by atoms with Gasteiger partial charge in [-0.05, 0) is 30.4 Å². The van der Waals surface area contributed by atoms with Crippen LogP contribution in [0, 0.1) is 0 Å². The normalized spacial score (nSPS) is 12.6. The minimum absolute atomic E-state index is 0.00159. The van der Waals surface area contributed by atoms with Gasteiger partial charge in [0.05, 0.1) is 21.7 Å². The van der Waals surface area contributed by atoms with E-state index in [1.165, 1.54) is 11.3 Å². The molecule has 31 heavy (non-hydrogen) atoms. The molecule has 1 aromatic heterocycles. The number of rotatable bonds is 7. The lowest BCUT2D eigenvalue weighted by atomic mass is 10.1. The van der Waals surface area contributed by atoms with Crippen LogP contribution in [-0.4, -0.2) is 24.6 Å². The number of nitrogens with zero attached hydrogens (tertiary/aromatic N) is 2. The Hall–Kier alpha value is -2.77. The molecule has 0 aliphatic carbocycles. The Morgan fingerprint density at radius 2 is 1.74 bits per heavy atom. The molecular weight excluding hydrogens is 428 g/mol. The number of hydrogen-bond acceptors (Lipinski definition) is 4. The van der Waals surface area contributed by atoms with Gasteiger partial charge in [-0.2, -0.15) is 4.99 Å². The molecule has 160 valence electrons. The fourth-order valence-corrected chi connectivity index (χ4v) is 6.37. The first-order chi connectivity index (χ1) is 15.0. The van der Waals surface area contributed by atoms with E-state index in [2.05, 4.69) is 29.3 Å². The van der Waals surface area contributed by atoms with Gasteiger partial charge in [-0.15, -0.1) is 0 Å². The van der Waals surface area contributed by atoms with Crippen LogP contribution in [0.25, 0.3) is 21.0 Å². The van der Waals surface area contributed by atoms with E-state index in [-0.39, 0.29) is 30.3 Å². The number of amides is 1. The fourth-order valence-electron chi connectivity index (χ4n) is 3.70. The summed E-state index contributed by atoms with van der Waals surface area (Å²) in [4.78, 5) is 17.5. The Morgan fingerprint density at radius 1 is 1.00 bits per heavy atom. The van der Waals surface area contributed by atoms with Crippen molar-refractivity contribution >= 4 is 48.1 Å². The summed E-state index contributed by atoms with van der Waals surface area (Å²) in [5.41, 5.74) is 1.82. The van der Waals surface area contributed by atoms with Gasteiger partial charge in [0, 0.05) is 18.4 Å². The highest BCUT2D eigenvalue weighted by atomic mass is 32.2. The average Bonchev–Trinajstić information content (AvgIpc) is 3.11. The van der Waals surface area contributed by atoms with Crippen molar-refractivity contribution in [3.63, 3.8) is 0 Å². The van der Waals surface area contributed by atoms with Crippen molar-refractivity contribution in [1.82, 2.24) is 4.57 Å². The van der Waals surface area contributed by atoms with Crippen molar-refractivity contribution in [2.24, 2.45) is 4.99 Å². The van der Waals surface area contributed by atoms with E-state index in [4.69, 9.17) is 0 Å². The zero-order valence-electron chi connectivity index (χ0n) is 17.3. The fraction of sp³-hybridized carbons (Fsp3) is 0.250. The second kappa shape index (κ2) is 9.16. The quantitative estimate of drug-likeness (QED) is 0.408. The predicted octanol–water partition coefficient (Wildman–Crippen LogP) is 4.70. The number of aryl methyl sites for hydroxylation is 1. The van der Waals surface area contributed by atoms with Crippen LogP contribution in [0.2, 0.25) is 0 Å². The molecule has 0 aliphatic heterocycles. The highest BCUT2D eigenvalue weighted by Crippen LogP contribution is 2.27. The first-order valence-electron chi connectivity index (χ1n) is 10.3. The molecule has 5 nitrogen and oxygen atoms in total. The molecule has 0 aliphatic rings. The Labute approximate surface area is 185 Å². The number of carbonyl (C=O) groups is 1. The second-order valence-electron chi connectivity index (χ2n) is 7.45. The van der Waals surface area contributed by atoms with Crippen molar-refractivity contribution in [3.05, 3.63) is 77.1 Å². The van der Waals surface area contributed by atoms with Gasteiger partial charge in [0.15, 0.2) is 14.6 Å². The van der Waals surface area contributed by atoms with Gasteiger partial charge < -0.3 is 4.57 Å². The number of benzene rings is 3. The van der Waals surface area contributed by atoms with E-state index >= 15 is 0 Å². The molecule has 3 aromatic carbocycles. The zero-order valence-corrected chi connectivity index (χ0v) is 19.0. The predicted molar refractivity (Wildman–Crippen MR) is 127 cm³/mol. The zero-order chi connectivity index (χ0) is 21.8. The number of carbonyl (C=O) groups excluding carboxylic acids is 1. The number of sulfone groups is 1. The maximum atomic E-state index is 12.5. The molecule has 0 spiro atoms. The lowest BCUT2D eigenvalue weighted by molar-refractivity contribution is -0.118. The lowest BCUT2D eigenvalue weighted by Gasteiger charge is -2.04. The maximum Gasteiger partial charge on any atom is 0.248 e. The maximum absolute atomic E-state index is 12.5. The summed E-state index contributed by atoms with van der Waals surface area (Å²) < 4.78 is 27.8. The third kappa shape index (κ3) is 4.94.